The van der Waals surface area contributed by atoms with Gasteiger partial charge in [0.15, 0.2) is 5.17 Å². The molecule has 0 saturated carbocycles. The third-order valence-corrected chi connectivity index (χ3v) is 3.90. The molecule has 1 aromatic heterocycles. The fourth-order valence-electron chi connectivity index (χ4n) is 1.59. The average Bonchev–Trinajstić information content (AvgIpc) is 2.74. The molecule has 1 saturated heterocycles. The zero-order valence-electron chi connectivity index (χ0n) is 10.0. The summed E-state index contributed by atoms with van der Waals surface area (Å²) in [6.07, 6.45) is 4.69. The average molecular weight is 238 g/mol. The van der Waals surface area contributed by atoms with Crippen LogP contribution in [-0.2, 0) is 13.5 Å². The first-order valence-corrected chi connectivity index (χ1v) is 6.47. The van der Waals surface area contributed by atoms with Crippen molar-refractivity contribution in [3.05, 3.63) is 18.2 Å². The maximum Gasteiger partial charge on any atom is 0.157 e. The molecule has 0 radical (unpaired) electrons. The molecular weight excluding hydrogens is 220 g/mol. The summed E-state index contributed by atoms with van der Waals surface area (Å²) in [7, 11) is 2.02. The Hall–Kier alpha value is -0.970. The Morgan fingerprint density at radius 3 is 3.00 bits per heavy atom. The smallest absolute Gasteiger partial charge is 0.157 e. The number of aromatic nitrogens is 2. The molecule has 4 nitrogen and oxygen atoms in total. The van der Waals surface area contributed by atoms with Gasteiger partial charge in [0.1, 0.15) is 5.82 Å². The molecule has 1 aliphatic rings. The number of rotatable bonds is 3. The maximum atomic E-state index is 4.55. The van der Waals surface area contributed by atoms with Crippen molar-refractivity contribution in [2.24, 2.45) is 12.0 Å². The Kier molecular flexibility index (Phi) is 3.23. The number of aliphatic imine (C=N–C) groups is 1. The molecule has 0 aromatic carbocycles. The monoisotopic (exact) mass is 238 g/mol. The summed E-state index contributed by atoms with van der Waals surface area (Å²) in [6.45, 7) is 5.19. The summed E-state index contributed by atoms with van der Waals surface area (Å²) in [5.74, 6) is 2.18. The van der Waals surface area contributed by atoms with Gasteiger partial charge < -0.3 is 9.88 Å². The van der Waals surface area contributed by atoms with Gasteiger partial charge >= 0.3 is 0 Å². The zero-order valence-corrected chi connectivity index (χ0v) is 10.8. The Balaban J connectivity index is 1.85. The Morgan fingerprint density at radius 2 is 2.44 bits per heavy atom. The van der Waals surface area contributed by atoms with E-state index in [-0.39, 0.29) is 5.54 Å². The molecule has 5 heteroatoms. The highest BCUT2D eigenvalue weighted by Crippen LogP contribution is 2.21. The van der Waals surface area contributed by atoms with Crippen molar-refractivity contribution in [3.63, 3.8) is 0 Å². The fraction of sp³-hybridized carbons (Fsp3) is 0.636. The number of amidine groups is 1. The van der Waals surface area contributed by atoms with E-state index in [1.165, 1.54) is 0 Å². The van der Waals surface area contributed by atoms with Gasteiger partial charge in [0, 0.05) is 43.7 Å². The molecule has 88 valence electrons. The van der Waals surface area contributed by atoms with Crippen LogP contribution in [0.25, 0.3) is 0 Å². The van der Waals surface area contributed by atoms with E-state index in [2.05, 4.69) is 29.1 Å². The normalized spacial score (nSPS) is 21.3. The molecule has 0 bridgehead atoms. The largest absolute Gasteiger partial charge is 0.359 e. The van der Waals surface area contributed by atoms with Crippen LogP contribution < -0.4 is 5.32 Å². The highest BCUT2D eigenvalue weighted by molar-refractivity contribution is 8.14. The molecule has 1 aromatic rings. The number of aryl methyl sites for hydroxylation is 1. The van der Waals surface area contributed by atoms with Crippen LogP contribution in [0.5, 0.6) is 0 Å². The first kappa shape index (κ1) is 11.5. The molecule has 0 atom stereocenters. The third-order valence-electron chi connectivity index (χ3n) is 2.53. The second-order valence-corrected chi connectivity index (χ2v) is 5.65. The minimum Gasteiger partial charge on any atom is -0.359 e. The quantitative estimate of drug-likeness (QED) is 0.866. The van der Waals surface area contributed by atoms with Crippen LogP contribution in [0.4, 0.5) is 0 Å². The minimum absolute atomic E-state index is 0.187. The number of nitrogens with one attached hydrogen (secondary N) is 1. The molecule has 1 fully saturated rings. The van der Waals surface area contributed by atoms with Crippen molar-refractivity contribution in [1.82, 2.24) is 14.9 Å². The Bertz CT molecular complexity index is 394. The van der Waals surface area contributed by atoms with Crippen LogP contribution in [0, 0.1) is 0 Å². The Labute approximate surface area is 101 Å². The molecule has 2 rings (SSSR count). The van der Waals surface area contributed by atoms with Crippen LogP contribution in [0.2, 0.25) is 0 Å². The van der Waals surface area contributed by atoms with Crippen LogP contribution >= 0.6 is 11.8 Å². The Morgan fingerprint density at radius 1 is 1.62 bits per heavy atom. The predicted molar refractivity (Wildman–Crippen MR) is 68.9 cm³/mol. The molecule has 16 heavy (non-hydrogen) atoms. The lowest BCUT2D eigenvalue weighted by Gasteiger charge is -2.15. The van der Waals surface area contributed by atoms with E-state index in [4.69, 9.17) is 0 Å². The van der Waals surface area contributed by atoms with Crippen LogP contribution in [-0.4, -0.2) is 32.6 Å². The van der Waals surface area contributed by atoms with Crippen molar-refractivity contribution in [1.29, 1.82) is 0 Å². The highest BCUT2D eigenvalue weighted by Gasteiger charge is 2.26. The van der Waals surface area contributed by atoms with Gasteiger partial charge in [-0.1, -0.05) is 11.8 Å². The van der Waals surface area contributed by atoms with Crippen LogP contribution in [0.15, 0.2) is 17.4 Å². The topological polar surface area (TPSA) is 42.2 Å². The van der Waals surface area contributed by atoms with Crippen LogP contribution in [0.3, 0.4) is 0 Å². The first-order valence-electron chi connectivity index (χ1n) is 5.48. The lowest BCUT2D eigenvalue weighted by Crippen LogP contribution is -2.36. The standard InChI is InChI=1S/C11H18N4S/c1-11(2)8-16-10(14-11)13-5-4-9-12-6-7-15(9)3/h6-7H,4-5,8H2,1-3H3,(H,13,14). The summed E-state index contributed by atoms with van der Waals surface area (Å²) in [5, 5.41) is 4.48. The number of thioether (sulfide) groups is 1. The molecular formula is C11H18N4S. The van der Waals surface area contributed by atoms with Gasteiger partial charge in [-0.05, 0) is 13.8 Å². The summed E-state index contributed by atoms with van der Waals surface area (Å²) < 4.78 is 2.04. The zero-order chi connectivity index (χ0) is 11.6. The first-order chi connectivity index (χ1) is 7.57. The van der Waals surface area contributed by atoms with Crippen molar-refractivity contribution < 1.29 is 0 Å². The van der Waals surface area contributed by atoms with E-state index in [0.29, 0.717) is 0 Å². The van der Waals surface area contributed by atoms with E-state index in [9.17, 15) is 0 Å². The van der Waals surface area contributed by atoms with Crippen molar-refractivity contribution in [2.45, 2.75) is 25.8 Å². The van der Waals surface area contributed by atoms with E-state index in [0.717, 1.165) is 29.7 Å². The van der Waals surface area contributed by atoms with Crippen molar-refractivity contribution in [3.8, 4) is 0 Å². The number of imidazole rings is 1. The molecule has 0 unspecified atom stereocenters. The summed E-state index contributed by atoms with van der Waals surface area (Å²) >= 11 is 1.80. The van der Waals surface area contributed by atoms with Gasteiger partial charge in [0.25, 0.3) is 0 Å². The molecule has 0 aliphatic carbocycles. The summed E-state index contributed by atoms with van der Waals surface area (Å²) in [5.41, 5.74) is 0.187. The lowest BCUT2D eigenvalue weighted by molar-refractivity contribution is 0.536. The van der Waals surface area contributed by atoms with Gasteiger partial charge in [-0.2, -0.15) is 0 Å². The molecule has 0 amide bonds. The molecule has 0 spiro atoms. The highest BCUT2D eigenvalue weighted by atomic mass is 32.2. The second kappa shape index (κ2) is 4.49. The van der Waals surface area contributed by atoms with E-state index in [1.54, 1.807) is 11.8 Å². The lowest BCUT2D eigenvalue weighted by atomic mass is 10.1. The van der Waals surface area contributed by atoms with E-state index in [1.807, 2.05) is 24.0 Å². The fourth-order valence-corrected chi connectivity index (χ4v) is 2.69. The van der Waals surface area contributed by atoms with E-state index >= 15 is 0 Å². The maximum absolute atomic E-state index is 4.55. The summed E-state index contributed by atoms with van der Waals surface area (Å²) in [4.78, 5) is 8.82. The van der Waals surface area contributed by atoms with Crippen molar-refractivity contribution in [2.75, 3.05) is 12.3 Å². The van der Waals surface area contributed by atoms with Crippen molar-refractivity contribution >= 4 is 16.9 Å². The number of nitrogens with zero attached hydrogens (tertiary/aromatic N) is 3. The van der Waals surface area contributed by atoms with Gasteiger partial charge in [-0.3, -0.25) is 4.99 Å². The molecule has 1 N–H and O–H groups in total. The SMILES string of the molecule is Cn1ccnc1CCN=C1NC(C)(C)CS1. The number of hydrogen-bond acceptors (Lipinski definition) is 3. The second-order valence-electron chi connectivity index (χ2n) is 4.69. The van der Waals surface area contributed by atoms with Gasteiger partial charge in [0.05, 0.1) is 0 Å². The molecule has 2 heterocycles. The number of hydrogen-bond donors (Lipinski definition) is 1. The third kappa shape index (κ3) is 2.78. The van der Waals surface area contributed by atoms with Crippen LogP contribution in [0.1, 0.15) is 19.7 Å². The minimum atomic E-state index is 0.187. The van der Waals surface area contributed by atoms with E-state index < -0.39 is 0 Å². The summed E-state index contributed by atoms with van der Waals surface area (Å²) in [6, 6.07) is 0. The predicted octanol–water partition coefficient (Wildman–Crippen LogP) is 1.43. The van der Waals surface area contributed by atoms with Gasteiger partial charge in [-0.25, -0.2) is 4.98 Å². The van der Waals surface area contributed by atoms with Gasteiger partial charge in [0.2, 0.25) is 0 Å². The van der Waals surface area contributed by atoms with Gasteiger partial charge in [-0.15, -0.1) is 0 Å². The molecule has 1 aliphatic heterocycles.